The summed E-state index contributed by atoms with van der Waals surface area (Å²) in [6.07, 6.45) is 34.9. The van der Waals surface area contributed by atoms with Gasteiger partial charge in [-0.05, 0) is 49.4 Å². The highest BCUT2D eigenvalue weighted by Crippen LogP contribution is 2.45. The van der Waals surface area contributed by atoms with Crippen LogP contribution in [0.25, 0.3) is 0 Å². The van der Waals surface area contributed by atoms with Crippen molar-refractivity contribution in [2.45, 2.75) is 331 Å². The molecule has 0 saturated heterocycles. The number of ether oxygens (including phenoxy) is 4. The van der Waals surface area contributed by atoms with Gasteiger partial charge in [0.2, 0.25) is 0 Å². The first-order valence-electron chi connectivity index (χ1n) is 33.7. The molecule has 0 fully saturated rings. The topological polar surface area (TPSA) is 237 Å². The Bertz CT molecular complexity index is 1680. The monoisotopic (exact) mass is 1240 g/mol. The zero-order valence-electron chi connectivity index (χ0n) is 54.5. The highest BCUT2D eigenvalue weighted by molar-refractivity contribution is 7.47. The van der Waals surface area contributed by atoms with E-state index >= 15 is 0 Å². The fraction of sp³-hybridized carbons (Fsp3) is 0.938. The summed E-state index contributed by atoms with van der Waals surface area (Å²) in [5.74, 6) is 0.772. The van der Waals surface area contributed by atoms with Crippen LogP contribution in [0.1, 0.15) is 312 Å². The Kier molecular flexibility index (Phi) is 53.9. The van der Waals surface area contributed by atoms with Crippen molar-refractivity contribution < 1.29 is 80.2 Å². The molecule has 0 aromatic heterocycles. The third kappa shape index (κ3) is 57.8. The Morgan fingerprint density at radius 3 is 0.845 bits per heavy atom. The summed E-state index contributed by atoms with van der Waals surface area (Å²) < 4.78 is 68.0. The molecule has 0 aliphatic carbocycles. The SMILES string of the molecule is CCC(C)CCCCCCCCC(=O)OC[C@H](COP(=O)(O)OC[C@H](O)COP(=O)(O)OC[C@@H](COC(=O)CCCCCCCCCCC(C)C)OC(=O)CCCCCCCCCCC(C)C)OC(=O)CCCCCCCCCCCC(C)C. The lowest BCUT2D eigenvalue weighted by molar-refractivity contribution is -0.161. The maximum atomic E-state index is 13.0. The summed E-state index contributed by atoms with van der Waals surface area (Å²) in [6.45, 7) is 14.0. The highest BCUT2D eigenvalue weighted by Gasteiger charge is 2.30. The van der Waals surface area contributed by atoms with Gasteiger partial charge in [0.05, 0.1) is 26.4 Å². The molecule has 0 bridgehead atoms. The molecule has 19 heteroatoms. The number of aliphatic hydroxyl groups is 1. The van der Waals surface area contributed by atoms with Gasteiger partial charge in [-0.2, -0.15) is 0 Å². The van der Waals surface area contributed by atoms with Crippen molar-refractivity contribution in [1.29, 1.82) is 0 Å². The minimum absolute atomic E-state index is 0.103. The van der Waals surface area contributed by atoms with Crippen molar-refractivity contribution in [3.8, 4) is 0 Å². The Morgan fingerprint density at radius 1 is 0.333 bits per heavy atom. The number of phosphoric acid groups is 2. The molecule has 0 rings (SSSR count). The maximum absolute atomic E-state index is 13.0. The van der Waals surface area contributed by atoms with Gasteiger partial charge in [0.1, 0.15) is 19.3 Å². The van der Waals surface area contributed by atoms with E-state index in [4.69, 9.17) is 37.0 Å². The van der Waals surface area contributed by atoms with Gasteiger partial charge in [0.25, 0.3) is 0 Å². The van der Waals surface area contributed by atoms with Crippen LogP contribution in [-0.4, -0.2) is 96.7 Å². The Labute approximate surface area is 511 Å². The molecule has 0 radical (unpaired) electrons. The molecule has 0 aromatic carbocycles. The van der Waals surface area contributed by atoms with Gasteiger partial charge in [-0.15, -0.1) is 0 Å². The first-order chi connectivity index (χ1) is 40.1. The minimum atomic E-state index is -4.95. The number of hydrogen-bond acceptors (Lipinski definition) is 15. The predicted octanol–water partition coefficient (Wildman–Crippen LogP) is 17.8. The lowest BCUT2D eigenvalue weighted by Gasteiger charge is -2.21. The van der Waals surface area contributed by atoms with E-state index in [1.807, 2.05) is 0 Å². The molecule has 498 valence electrons. The zero-order valence-corrected chi connectivity index (χ0v) is 56.3. The average molecular weight is 1240 g/mol. The van der Waals surface area contributed by atoms with Crippen LogP contribution < -0.4 is 0 Å². The van der Waals surface area contributed by atoms with Crippen LogP contribution in [0.4, 0.5) is 0 Å². The standard InChI is InChI=1S/C65H126O17P2/c1-9-58(8)44-36-28-23-24-30-38-46-63(68)76-52-61(81-64(69)47-39-31-21-12-10-11-17-25-33-41-55(2)3)54-80-84(73,74)78-50-59(66)49-77-83(71,72)79-53-60(82-65(70)48-40-32-22-16-14-19-27-35-43-57(6)7)51-75-62(67)45-37-29-20-15-13-18-26-34-42-56(4)5/h55-61,66H,9-54H2,1-8H3,(H,71,72)(H,73,74)/t58?,59-,60-,61-/m1/s1. The second-order valence-electron chi connectivity index (χ2n) is 25.2. The fourth-order valence-electron chi connectivity index (χ4n) is 9.57. The van der Waals surface area contributed by atoms with Crippen LogP contribution in [0, 0.1) is 23.7 Å². The van der Waals surface area contributed by atoms with Crippen molar-refractivity contribution in [2.24, 2.45) is 23.7 Å². The first-order valence-corrected chi connectivity index (χ1v) is 36.7. The lowest BCUT2D eigenvalue weighted by Crippen LogP contribution is -2.30. The van der Waals surface area contributed by atoms with E-state index in [0.717, 1.165) is 120 Å². The third-order valence-electron chi connectivity index (χ3n) is 15.2. The summed E-state index contributed by atoms with van der Waals surface area (Å²) in [5.41, 5.74) is 0. The second-order valence-corrected chi connectivity index (χ2v) is 28.1. The molecule has 17 nitrogen and oxygen atoms in total. The van der Waals surface area contributed by atoms with Crippen LogP contribution in [-0.2, 0) is 65.4 Å². The van der Waals surface area contributed by atoms with E-state index in [1.165, 1.54) is 109 Å². The normalized spacial score (nSPS) is 14.7. The number of rotatable bonds is 62. The van der Waals surface area contributed by atoms with Crippen molar-refractivity contribution in [3.05, 3.63) is 0 Å². The second kappa shape index (κ2) is 55.2. The Morgan fingerprint density at radius 2 is 0.571 bits per heavy atom. The summed E-state index contributed by atoms with van der Waals surface area (Å²) in [6, 6.07) is 0. The molecule has 84 heavy (non-hydrogen) atoms. The number of aliphatic hydroxyl groups excluding tert-OH is 1. The van der Waals surface area contributed by atoms with Gasteiger partial charge in [-0.25, -0.2) is 9.13 Å². The van der Waals surface area contributed by atoms with E-state index in [1.54, 1.807) is 0 Å². The zero-order chi connectivity index (χ0) is 62.5. The number of carbonyl (C=O) groups is 4. The number of esters is 4. The van der Waals surface area contributed by atoms with Gasteiger partial charge >= 0.3 is 39.5 Å². The quantitative estimate of drug-likeness (QED) is 0.0222. The molecule has 0 heterocycles. The molecule has 0 aliphatic rings. The van der Waals surface area contributed by atoms with Crippen molar-refractivity contribution in [1.82, 2.24) is 0 Å². The molecular weight excluding hydrogens is 1110 g/mol. The lowest BCUT2D eigenvalue weighted by atomic mass is 10.00. The van der Waals surface area contributed by atoms with Crippen LogP contribution >= 0.6 is 15.6 Å². The molecule has 3 N–H and O–H groups in total. The van der Waals surface area contributed by atoms with Crippen molar-refractivity contribution >= 4 is 39.5 Å². The number of phosphoric ester groups is 2. The molecule has 3 unspecified atom stereocenters. The Balaban J connectivity index is 5.27. The average Bonchev–Trinajstić information content (AvgIpc) is 3.49. The van der Waals surface area contributed by atoms with E-state index < -0.39 is 97.5 Å². The molecular formula is C65H126O17P2. The van der Waals surface area contributed by atoms with Crippen molar-refractivity contribution in [2.75, 3.05) is 39.6 Å². The third-order valence-corrected chi connectivity index (χ3v) is 17.1. The van der Waals surface area contributed by atoms with E-state index in [9.17, 15) is 43.2 Å². The van der Waals surface area contributed by atoms with Gasteiger partial charge in [-0.1, -0.05) is 261 Å². The van der Waals surface area contributed by atoms with E-state index in [-0.39, 0.29) is 25.7 Å². The van der Waals surface area contributed by atoms with Gasteiger partial charge in [-0.3, -0.25) is 37.3 Å². The van der Waals surface area contributed by atoms with Crippen LogP contribution in [0.3, 0.4) is 0 Å². The minimum Gasteiger partial charge on any atom is -0.462 e. The highest BCUT2D eigenvalue weighted by atomic mass is 31.2. The molecule has 6 atom stereocenters. The van der Waals surface area contributed by atoms with Crippen LogP contribution in [0.2, 0.25) is 0 Å². The number of carbonyl (C=O) groups excluding carboxylic acids is 4. The number of unbranched alkanes of at least 4 members (excludes halogenated alkanes) is 27. The van der Waals surface area contributed by atoms with Gasteiger partial charge < -0.3 is 33.8 Å². The first kappa shape index (κ1) is 82.1. The summed E-state index contributed by atoms with van der Waals surface area (Å²) in [4.78, 5) is 72.3. The molecule has 0 aliphatic heterocycles. The van der Waals surface area contributed by atoms with Crippen LogP contribution in [0.15, 0.2) is 0 Å². The molecule has 0 aromatic rings. The predicted molar refractivity (Wildman–Crippen MR) is 335 cm³/mol. The van der Waals surface area contributed by atoms with E-state index in [2.05, 4.69) is 55.4 Å². The van der Waals surface area contributed by atoms with E-state index in [0.29, 0.717) is 25.7 Å². The molecule has 0 amide bonds. The maximum Gasteiger partial charge on any atom is 0.472 e. The smallest absolute Gasteiger partial charge is 0.462 e. The van der Waals surface area contributed by atoms with Gasteiger partial charge in [0.15, 0.2) is 12.2 Å². The Hall–Kier alpha value is -1.94. The summed E-state index contributed by atoms with van der Waals surface area (Å²) >= 11 is 0. The number of hydrogen-bond donors (Lipinski definition) is 3. The fourth-order valence-corrected chi connectivity index (χ4v) is 11.2. The summed E-state index contributed by atoms with van der Waals surface area (Å²) in [7, 11) is -9.89. The largest absolute Gasteiger partial charge is 0.472 e. The molecule has 0 saturated carbocycles. The van der Waals surface area contributed by atoms with Gasteiger partial charge in [0, 0.05) is 25.7 Å². The molecule has 0 spiro atoms. The van der Waals surface area contributed by atoms with Crippen molar-refractivity contribution in [3.63, 3.8) is 0 Å². The summed E-state index contributed by atoms with van der Waals surface area (Å²) in [5, 5.41) is 10.5. The van der Waals surface area contributed by atoms with Crippen LogP contribution in [0.5, 0.6) is 0 Å².